The molecule has 0 atom stereocenters. The molecular weight excluding hydrogens is 260 g/mol. The van der Waals surface area contributed by atoms with Crippen LogP contribution in [0.25, 0.3) is 0 Å². The molecule has 1 aliphatic heterocycles. The monoisotopic (exact) mass is 278 g/mol. The Morgan fingerprint density at radius 3 is 2.70 bits per heavy atom. The van der Waals surface area contributed by atoms with Crippen LogP contribution in [0.4, 0.5) is 11.5 Å². The molecule has 1 aromatic rings. The number of hydrogen-bond acceptors (Lipinski definition) is 5. The summed E-state index contributed by atoms with van der Waals surface area (Å²) < 4.78 is 0. The minimum atomic E-state index is -1.11. The maximum atomic E-state index is 12.1. The molecule has 3 N–H and O–H groups in total. The van der Waals surface area contributed by atoms with Crippen LogP contribution in [-0.4, -0.2) is 53.5 Å². The number of pyridine rings is 1. The number of amides is 1. The quantitative estimate of drug-likeness (QED) is 0.828. The standard InChI is InChI=1S/C13H18N4O3/c1-16(8-10(18)17-6-2-3-7-17)12-11(14)9(13(19)20)4-5-15-12/h4-5H,2-3,6-8,14H2,1H3,(H,19,20). The fraction of sp³-hybridized carbons (Fsp3) is 0.462. The van der Waals surface area contributed by atoms with Gasteiger partial charge in [0.2, 0.25) is 5.91 Å². The van der Waals surface area contributed by atoms with Crippen LogP contribution in [0.1, 0.15) is 23.2 Å². The third-order valence-electron chi connectivity index (χ3n) is 3.39. The maximum absolute atomic E-state index is 12.1. The molecule has 0 aromatic carbocycles. The second kappa shape index (κ2) is 5.77. The molecule has 7 heteroatoms. The molecule has 0 saturated carbocycles. The van der Waals surface area contributed by atoms with Crippen molar-refractivity contribution in [2.24, 2.45) is 0 Å². The SMILES string of the molecule is CN(CC(=O)N1CCCC1)c1nccc(C(=O)O)c1N. The van der Waals surface area contributed by atoms with E-state index in [0.29, 0.717) is 5.82 Å². The molecule has 0 aliphatic carbocycles. The highest BCUT2D eigenvalue weighted by Crippen LogP contribution is 2.23. The lowest BCUT2D eigenvalue weighted by atomic mass is 10.2. The maximum Gasteiger partial charge on any atom is 0.337 e. The van der Waals surface area contributed by atoms with Crippen molar-refractivity contribution in [3.05, 3.63) is 17.8 Å². The first-order valence-corrected chi connectivity index (χ1v) is 6.47. The summed E-state index contributed by atoms with van der Waals surface area (Å²) in [4.78, 5) is 30.5. The van der Waals surface area contributed by atoms with Crippen molar-refractivity contribution in [1.82, 2.24) is 9.88 Å². The molecule has 0 radical (unpaired) electrons. The van der Waals surface area contributed by atoms with E-state index in [4.69, 9.17) is 10.8 Å². The van der Waals surface area contributed by atoms with Gasteiger partial charge in [-0.15, -0.1) is 0 Å². The van der Waals surface area contributed by atoms with E-state index < -0.39 is 5.97 Å². The van der Waals surface area contributed by atoms with Crippen LogP contribution in [0.3, 0.4) is 0 Å². The predicted molar refractivity (Wildman–Crippen MR) is 74.7 cm³/mol. The Morgan fingerprint density at radius 2 is 2.10 bits per heavy atom. The summed E-state index contributed by atoms with van der Waals surface area (Å²) in [5, 5.41) is 9.02. The van der Waals surface area contributed by atoms with Gasteiger partial charge in [0.25, 0.3) is 0 Å². The Kier molecular flexibility index (Phi) is 4.07. The summed E-state index contributed by atoms with van der Waals surface area (Å²) >= 11 is 0. The average molecular weight is 278 g/mol. The number of nitrogens with two attached hydrogens (primary N) is 1. The van der Waals surface area contributed by atoms with Gasteiger partial charge < -0.3 is 20.6 Å². The van der Waals surface area contributed by atoms with Gasteiger partial charge >= 0.3 is 5.97 Å². The Labute approximate surface area is 117 Å². The number of carboxylic acid groups (broad SMARTS) is 1. The van der Waals surface area contributed by atoms with Crippen molar-refractivity contribution < 1.29 is 14.7 Å². The zero-order valence-electron chi connectivity index (χ0n) is 11.4. The van der Waals surface area contributed by atoms with Crippen molar-refractivity contribution in [1.29, 1.82) is 0 Å². The second-order valence-electron chi connectivity index (χ2n) is 4.84. The summed E-state index contributed by atoms with van der Waals surface area (Å²) in [6, 6.07) is 1.34. The van der Waals surface area contributed by atoms with Gasteiger partial charge in [0.15, 0.2) is 5.82 Å². The van der Waals surface area contributed by atoms with E-state index >= 15 is 0 Å². The molecule has 108 valence electrons. The topological polar surface area (TPSA) is 99.8 Å². The number of carbonyl (C=O) groups is 2. The van der Waals surface area contributed by atoms with Crippen molar-refractivity contribution in [3.63, 3.8) is 0 Å². The van der Waals surface area contributed by atoms with Crippen LogP contribution in [-0.2, 0) is 4.79 Å². The highest BCUT2D eigenvalue weighted by Gasteiger charge is 2.21. The van der Waals surface area contributed by atoms with Gasteiger partial charge in [0.05, 0.1) is 17.8 Å². The van der Waals surface area contributed by atoms with Crippen LogP contribution in [0.15, 0.2) is 12.3 Å². The van der Waals surface area contributed by atoms with Gasteiger partial charge in [0, 0.05) is 26.3 Å². The molecule has 0 spiro atoms. The van der Waals surface area contributed by atoms with E-state index in [0.717, 1.165) is 25.9 Å². The van der Waals surface area contributed by atoms with Crippen molar-refractivity contribution in [2.75, 3.05) is 37.3 Å². The molecule has 1 amide bonds. The number of nitrogen functional groups attached to an aromatic ring is 1. The average Bonchev–Trinajstić information content (AvgIpc) is 2.92. The largest absolute Gasteiger partial charge is 0.478 e. The molecule has 1 fully saturated rings. The van der Waals surface area contributed by atoms with Gasteiger partial charge in [0.1, 0.15) is 0 Å². The van der Waals surface area contributed by atoms with Crippen LogP contribution in [0.5, 0.6) is 0 Å². The number of aromatic carboxylic acids is 1. The Morgan fingerprint density at radius 1 is 1.45 bits per heavy atom. The van der Waals surface area contributed by atoms with Crippen LogP contribution in [0.2, 0.25) is 0 Å². The zero-order chi connectivity index (χ0) is 14.7. The number of hydrogen-bond donors (Lipinski definition) is 2. The smallest absolute Gasteiger partial charge is 0.337 e. The number of anilines is 2. The van der Waals surface area contributed by atoms with Gasteiger partial charge in [-0.3, -0.25) is 4.79 Å². The summed E-state index contributed by atoms with van der Waals surface area (Å²) in [5.41, 5.74) is 5.88. The molecule has 1 saturated heterocycles. The second-order valence-corrected chi connectivity index (χ2v) is 4.84. The first kappa shape index (κ1) is 14.1. The molecule has 1 aromatic heterocycles. The number of nitrogens with zero attached hydrogens (tertiary/aromatic N) is 3. The van der Waals surface area contributed by atoms with Gasteiger partial charge in [-0.25, -0.2) is 9.78 Å². The fourth-order valence-corrected chi connectivity index (χ4v) is 2.30. The van der Waals surface area contributed by atoms with E-state index in [9.17, 15) is 9.59 Å². The van der Waals surface area contributed by atoms with Crippen molar-refractivity contribution >= 4 is 23.4 Å². The summed E-state index contributed by atoms with van der Waals surface area (Å²) in [6.45, 7) is 1.70. The number of rotatable bonds is 4. The predicted octanol–water partition coefficient (Wildman–Crippen LogP) is 0.421. The zero-order valence-corrected chi connectivity index (χ0v) is 11.4. The molecule has 0 bridgehead atoms. The van der Waals surface area contributed by atoms with E-state index in [2.05, 4.69) is 4.98 Å². The van der Waals surface area contributed by atoms with Crippen LogP contribution < -0.4 is 10.6 Å². The minimum absolute atomic E-state index is 0.00419. The molecular formula is C13H18N4O3. The number of carbonyl (C=O) groups excluding carboxylic acids is 1. The Bertz CT molecular complexity index is 526. The first-order chi connectivity index (χ1) is 9.50. The third-order valence-corrected chi connectivity index (χ3v) is 3.39. The van der Waals surface area contributed by atoms with Crippen molar-refractivity contribution in [3.8, 4) is 0 Å². The summed E-state index contributed by atoms with van der Waals surface area (Å²) in [6.07, 6.45) is 3.45. The lowest BCUT2D eigenvalue weighted by Crippen LogP contribution is -2.37. The molecule has 7 nitrogen and oxygen atoms in total. The lowest BCUT2D eigenvalue weighted by Gasteiger charge is -2.23. The summed E-state index contributed by atoms with van der Waals surface area (Å²) in [7, 11) is 1.68. The van der Waals surface area contributed by atoms with Gasteiger partial charge in [-0.05, 0) is 18.9 Å². The van der Waals surface area contributed by atoms with E-state index in [1.54, 1.807) is 16.8 Å². The molecule has 2 heterocycles. The van der Waals surface area contributed by atoms with Gasteiger partial charge in [-0.2, -0.15) is 0 Å². The highest BCUT2D eigenvalue weighted by atomic mass is 16.4. The van der Waals surface area contributed by atoms with Crippen LogP contribution in [0, 0.1) is 0 Å². The Hall–Kier alpha value is -2.31. The molecule has 2 rings (SSSR count). The summed E-state index contributed by atoms with van der Waals surface area (Å²) in [5.74, 6) is -0.783. The van der Waals surface area contributed by atoms with Crippen LogP contribution >= 0.6 is 0 Å². The molecule has 1 aliphatic rings. The molecule has 20 heavy (non-hydrogen) atoms. The van der Waals surface area contributed by atoms with E-state index in [-0.39, 0.29) is 23.7 Å². The number of carboxylic acids is 1. The van der Waals surface area contributed by atoms with E-state index in [1.165, 1.54) is 12.3 Å². The molecule has 0 unspecified atom stereocenters. The van der Waals surface area contributed by atoms with Crippen molar-refractivity contribution in [2.45, 2.75) is 12.8 Å². The number of likely N-dealkylation sites (tertiary alicyclic amines) is 1. The minimum Gasteiger partial charge on any atom is -0.478 e. The first-order valence-electron chi connectivity index (χ1n) is 6.47. The van der Waals surface area contributed by atoms with Gasteiger partial charge in [-0.1, -0.05) is 0 Å². The Balaban J connectivity index is 2.12. The normalized spacial score (nSPS) is 14.3. The number of likely N-dealkylation sites (N-methyl/N-ethyl adjacent to an activating group) is 1. The lowest BCUT2D eigenvalue weighted by molar-refractivity contribution is -0.128. The highest BCUT2D eigenvalue weighted by molar-refractivity contribution is 5.96. The number of aromatic nitrogens is 1. The third kappa shape index (κ3) is 2.81. The van der Waals surface area contributed by atoms with E-state index in [1.807, 2.05) is 0 Å². The fourth-order valence-electron chi connectivity index (χ4n) is 2.30.